The first-order valence-electron chi connectivity index (χ1n) is 21.6. The van der Waals surface area contributed by atoms with Gasteiger partial charge in [-0.3, -0.25) is 4.79 Å². The van der Waals surface area contributed by atoms with Gasteiger partial charge in [-0.25, -0.2) is 0 Å². The molecule has 2 unspecified atom stereocenters. The van der Waals surface area contributed by atoms with Crippen molar-refractivity contribution in [2.45, 2.75) is 187 Å². The molecule has 0 heterocycles. The number of aliphatic hydroxyl groups excluding tert-OH is 2. The van der Waals surface area contributed by atoms with E-state index in [2.05, 4.69) is 129 Å². The topological polar surface area (TPSA) is 69.6 Å². The highest BCUT2D eigenvalue weighted by atomic mass is 16.3. The van der Waals surface area contributed by atoms with E-state index in [-0.39, 0.29) is 12.5 Å². The Hall–Kier alpha value is -2.95. The second-order valence-electron chi connectivity index (χ2n) is 14.0. The van der Waals surface area contributed by atoms with E-state index in [1.807, 2.05) is 0 Å². The Morgan fingerprint density at radius 1 is 0.472 bits per heavy atom. The van der Waals surface area contributed by atoms with E-state index in [0.717, 1.165) is 96.3 Å². The van der Waals surface area contributed by atoms with Crippen LogP contribution in [0.1, 0.15) is 174 Å². The van der Waals surface area contributed by atoms with Gasteiger partial charge < -0.3 is 15.5 Å². The smallest absolute Gasteiger partial charge is 0.220 e. The maximum atomic E-state index is 12.3. The molecule has 0 rings (SSSR count). The van der Waals surface area contributed by atoms with Gasteiger partial charge in [0.15, 0.2) is 0 Å². The van der Waals surface area contributed by atoms with Crippen LogP contribution in [0.25, 0.3) is 0 Å². The summed E-state index contributed by atoms with van der Waals surface area (Å²) in [5.74, 6) is -0.0546. The number of carbonyl (C=O) groups excluding carboxylic acids is 1. The molecular weight excluding hydrogens is 651 g/mol. The average molecular weight is 732 g/mol. The standard InChI is InChI=1S/C49H81NO3/c1-3-5-7-9-11-12-13-14-15-16-17-18-19-20-21-22-23-24-25-26-27-28-29-30-31-32-33-34-35-36-37-38-39-41-43-45-49(53)50-47(46-51)48(52)44-42-40-10-8-6-4-2/h5,7,11-12,14-15,17-18,20-21,23-24,26-27,29-30,32-33,47-48,51-52H,3-4,6,8-10,13,16,19,22,25,28,31,34-46H2,1-2H3,(H,50,53)/b7-5-,12-11-,15-14-,18-17-,21-20-,24-23-,27-26-,30-29-,33-32-. The van der Waals surface area contributed by atoms with Crippen LogP contribution >= 0.6 is 0 Å². The summed E-state index contributed by atoms with van der Waals surface area (Å²) in [7, 11) is 0. The average Bonchev–Trinajstić information content (AvgIpc) is 3.16. The number of amides is 1. The minimum Gasteiger partial charge on any atom is -0.394 e. The lowest BCUT2D eigenvalue weighted by atomic mass is 10.0. The van der Waals surface area contributed by atoms with Crippen molar-refractivity contribution in [2.24, 2.45) is 0 Å². The van der Waals surface area contributed by atoms with Crippen molar-refractivity contribution in [1.82, 2.24) is 5.32 Å². The van der Waals surface area contributed by atoms with Crippen LogP contribution in [0.2, 0.25) is 0 Å². The molecule has 0 saturated carbocycles. The molecule has 1 amide bonds. The van der Waals surface area contributed by atoms with Gasteiger partial charge in [-0.15, -0.1) is 0 Å². The van der Waals surface area contributed by atoms with E-state index in [4.69, 9.17) is 0 Å². The molecule has 0 aromatic carbocycles. The maximum Gasteiger partial charge on any atom is 0.220 e. The molecular formula is C49H81NO3. The monoisotopic (exact) mass is 732 g/mol. The molecule has 2 atom stereocenters. The van der Waals surface area contributed by atoms with Crippen LogP contribution in [-0.4, -0.2) is 34.9 Å². The summed E-state index contributed by atoms with van der Waals surface area (Å²) in [6, 6.07) is -0.546. The molecule has 300 valence electrons. The van der Waals surface area contributed by atoms with Gasteiger partial charge in [-0.1, -0.05) is 194 Å². The largest absolute Gasteiger partial charge is 0.394 e. The van der Waals surface area contributed by atoms with Crippen molar-refractivity contribution in [3.05, 3.63) is 109 Å². The zero-order valence-corrected chi connectivity index (χ0v) is 34.2. The molecule has 0 aliphatic carbocycles. The summed E-state index contributed by atoms with van der Waals surface area (Å²) < 4.78 is 0. The zero-order chi connectivity index (χ0) is 38.6. The second-order valence-corrected chi connectivity index (χ2v) is 14.0. The molecule has 0 aliphatic rings. The van der Waals surface area contributed by atoms with Gasteiger partial charge in [-0.05, 0) is 83.5 Å². The second kappa shape index (κ2) is 43.5. The van der Waals surface area contributed by atoms with Crippen LogP contribution < -0.4 is 5.32 Å². The number of aliphatic hydroxyl groups is 2. The van der Waals surface area contributed by atoms with E-state index >= 15 is 0 Å². The van der Waals surface area contributed by atoms with Crippen molar-refractivity contribution >= 4 is 5.91 Å². The summed E-state index contributed by atoms with van der Waals surface area (Å²) in [6.45, 7) is 4.16. The van der Waals surface area contributed by atoms with Crippen LogP contribution in [-0.2, 0) is 4.79 Å². The first-order valence-corrected chi connectivity index (χ1v) is 21.6. The Bertz CT molecular complexity index is 1060. The minimum absolute atomic E-state index is 0.0546. The fraction of sp³-hybridized carbons (Fsp3) is 0.612. The lowest BCUT2D eigenvalue weighted by Gasteiger charge is -2.22. The van der Waals surface area contributed by atoms with Gasteiger partial charge in [0.05, 0.1) is 18.8 Å². The quantitative estimate of drug-likeness (QED) is 0.0440. The van der Waals surface area contributed by atoms with Gasteiger partial charge in [0, 0.05) is 6.42 Å². The van der Waals surface area contributed by atoms with Crippen molar-refractivity contribution in [3.8, 4) is 0 Å². The Balaban J connectivity index is 3.62. The van der Waals surface area contributed by atoms with Gasteiger partial charge in [0.25, 0.3) is 0 Å². The molecule has 0 spiro atoms. The number of nitrogens with one attached hydrogen (secondary N) is 1. The molecule has 0 aromatic heterocycles. The molecule has 3 N–H and O–H groups in total. The Labute approximate surface area is 327 Å². The highest BCUT2D eigenvalue weighted by Gasteiger charge is 2.19. The zero-order valence-electron chi connectivity index (χ0n) is 34.2. The Morgan fingerprint density at radius 3 is 1.25 bits per heavy atom. The molecule has 0 saturated heterocycles. The lowest BCUT2D eigenvalue weighted by Crippen LogP contribution is -2.45. The fourth-order valence-electron chi connectivity index (χ4n) is 5.76. The number of carbonyl (C=O) groups is 1. The third-order valence-corrected chi connectivity index (χ3v) is 9.05. The van der Waals surface area contributed by atoms with Crippen molar-refractivity contribution in [1.29, 1.82) is 0 Å². The third-order valence-electron chi connectivity index (χ3n) is 9.05. The van der Waals surface area contributed by atoms with Gasteiger partial charge in [-0.2, -0.15) is 0 Å². The minimum atomic E-state index is -0.667. The van der Waals surface area contributed by atoms with Crippen LogP contribution in [0.4, 0.5) is 0 Å². The Kier molecular flexibility index (Phi) is 41.0. The maximum absolute atomic E-state index is 12.3. The molecule has 53 heavy (non-hydrogen) atoms. The number of unbranched alkanes of at least 4 members (excludes halogenated alkanes) is 12. The van der Waals surface area contributed by atoms with Crippen LogP contribution in [0.5, 0.6) is 0 Å². The van der Waals surface area contributed by atoms with Crippen molar-refractivity contribution in [3.63, 3.8) is 0 Å². The summed E-state index contributed by atoms with van der Waals surface area (Å²) in [5.41, 5.74) is 0. The van der Waals surface area contributed by atoms with Crippen molar-refractivity contribution < 1.29 is 15.0 Å². The highest BCUT2D eigenvalue weighted by Crippen LogP contribution is 2.13. The normalized spacial score (nSPS) is 14.1. The third kappa shape index (κ3) is 40.1. The number of allylic oxidation sites excluding steroid dienone is 18. The molecule has 0 radical (unpaired) electrons. The van der Waals surface area contributed by atoms with Crippen molar-refractivity contribution in [2.75, 3.05) is 6.61 Å². The predicted octanol–water partition coefficient (Wildman–Crippen LogP) is 13.6. The molecule has 0 fully saturated rings. The van der Waals surface area contributed by atoms with Gasteiger partial charge in [0.1, 0.15) is 0 Å². The van der Waals surface area contributed by atoms with Crippen LogP contribution in [0.3, 0.4) is 0 Å². The number of hydrogen-bond donors (Lipinski definition) is 3. The van der Waals surface area contributed by atoms with E-state index in [0.29, 0.717) is 12.8 Å². The van der Waals surface area contributed by atoms with Gasteiger partial charge >= 0.3 is 0 Å². The lowest BCUT2D eigenvalue weighted by molar-refractivity contribution is -0.123. The highest BCUT2D eigenvalue weighted by molar-refractivity contribution is 5.76. The first kappa shape index (κ1) is 50.1. The number of hydrogen-bond acceptors (Lipinski definition) is 3. The molecule has 4 heteroatoms. The van der Waals surface area contributed by atoms with E-state index in [9.17, 15) is 15.0 Å². The first-order chi connectivity index (χ1) is 26.2. The predicted molar refractivity (Wildman–Crippen MR) is 234 cm³/mol. The molecule has 0 bridgehead atoms. The molecule has 4 nitrogen and oxygen atoms in total. The Morgan fingerprint density at radius 2 is 0.830 bits per heavy atom. The SMILES string of the molecule is CC/C=C\C/C=C\C/C=C\C/C=C\C/C=C\C/C=C\C/C=C\C/C=C\C/C=C\CCCCCCCCCC(=O)NC(CO)C(O)CCCCCCCC. The fourth-order valence-corrected chi connectivity index (χ4v) is 5.76. The molecule has 0 aliphatic heterocycles. The summed E-state index contributed by atoms with van der Waals surface area (Å²) in [4.78, 5) is 12.3. The van der Waals surface area contributed by atoms with Crippen LogP contribution in [0, 0.1) is 0 Å². The molecule has 0 aromatic rings. The van der Waals surface area contributed by atoms with Crippen LogP contribution in [0.15, 0.2) is 109 Å². The number of rotatable bonds is 37. The van der Waals surface area contributed by atoms with E-state index in [1.165, 1.54) is 51.4 Å². The summed E-state index contributed by atoms with van der Waals surface area (Å²) in [6.07, 6.45) is 66.1. The van der Waals surface area contributed by atoms with E-state index < -0.39 is 12.1 Å². The van der Waals surface area contributed by atoms with E-state index in [1.54, 1.807) is 0 Å². The summed E-state index contributed by atoms with van der Waals surface area (Å²) >= 11 is 0. The van der Waals surface area contributed by atoms with Gasteiger partial charge in [0.2, 0.25) is 5.91 Å². The summed E-state index contributed by atoms with van der Waals surface area (Å²) in [5, 5.41) is 22.8.